The fourth-order valence-electron chi connectivity index (χ4n) is 4.41. The first-order valence-electron chi connectivity index (χ1n) is 10.1. The largest absolute Gasteiger partial charge is 0.497 e. The molecule has 0 radical (unpaired) electrons. The molecule has 0 amide bonds. The number of hydrogen-bond acceptors (Lipinski definition) is 6. The topological polar surface area (TPSA) is 54.4 Å². The summed E-state index contributed by atoms with van der Waals surface area (Å²) in [6.45, 7) is 6.19. The van der Waals surface area contributed by atoms with Crippen molar-refractivity contribution in [2.24, 2.45) is 0 Å². The first kappa shape index (κ1) is 18.5. The summed E-state index contributed by atoms with van der Waals surface area (Å²) in [5, 5.41) is 13.9. The molecule has 2 heterocycles. The molecule has 152 valence electrons. The highest BCUT2D eigenvalue weighted by atomic mass is 16.7. The van der Waals surface area contributed by atoms with Crippen LogP contribution in [0.1, 0.15) is 5.56 Å². The zero-order chi connectivity index (χ0) is 19.8. The lowest BCUT2D eigenvalue weighted by Crippen LogP contribution is -2.46. The van der Waals surface area contributed by atoms with Crippen molar-refractivity contribution in [3.63, 3.8) is 0 Å². The van der Waals surface area contributed by atoms with Crippen LogP contribution in [0.15, 0.2) is 36.4 Å². The van der Waals surface area contributed by atoms with E-state index < -0.39 is 0 Å². The fraction of sp³-hybridized carbons (Fsp3) is 0.391. The van der Waals surface area contributed by atoms with Crippen molar-refractivity contribution in [2.45, 2.75) is 6.54 Å². The third-order valence-electron chi connectivity index (χ3n) is 6.01. The van der Waals surface area contributed by atoms with Gasteiger partial charge in [0.2, 0.25) is 6.79 Å². The number of benzene rings is 3. The van der Waals surface area contributed by atoms with Crippen LogP contribution >= 0.6 is 0 Å². The first-order valence-corrected chi connectivity index (χ1v) is 10.1. The second kappa shape index (κ2) is 7.71. The first-order chi connectivity index (χ1) is 14.2. The van der Waals surface area contributed by atoms with Gasteiger partial charge in [-0.2, -0.15) is 0 Å². The second-order valence-electron chi connectivity index (χ2n) is 7.72. The van der Waals surface area contributed by atoms with E-state index in [0.717, 1.165) is 67.3 Å². The lowest BCUT2D eigenvalue weighted by molar-refractivity contribution is 0.109. The maximum absolute atomic E-state index is 9.16. The average Bonchev–Trinajstić information content (AvgIpc) is 3.21. The van der Waals surface area contributed by atoms with Gasteiger partial charge in [0.1, 0.15) is 5.75 Å². The third kappa shape index (κ3) is 3.48. The number of fused-ring (bicyclic) bond motifs is 4. The number of hydrogen-bond donors (Lipinski definition) is 1. The SMILES string of the molecule is COc1ccc2c(CN3CCN(CCO)CC3)cc3cc4c(cc3c2c1)OCO4. The molecule has 2 aliphatic rings. The van der Waals surface area contributed by atoms with Gasteiger partial charge >= 0.3 is 0 Å². The van der Waals surface area contributed by atoms with Gasteiger partial charge < -0.3 is 19.3 Å². The number of piperazine rings is 1. The molecule has 0 unspecified atom stereocenters. The van der Waals surface area contributed by atoms with Gasteiger partial charge in [-0.25, -0.2) is 0 Å². The van der Waals surface area contributed by atoms with E-state index >= 15 is 0 Å². The molecular weight excluding hydrogens is 368 g/mol. The predicted molar refractivity (Wildman–Crippen MR) is 113 cm³/mol. The average molecular weight is 394 g/mol. The minimum atomic E-state index is 0.229. The number of β-amino-alcohol motifs (C(OH)–C–C–N with tert-alkyl or cyclic N) is 1. The number of nitrogens with zero attached hydrogens (tertiary/aromatic N) is 2. The molecular formula is C23H26N2O4. The van der Waals surface area contributed by atoms with Gasteiger partial charge in [0.25, 0.3) is 0 Å². The summed E-state index contributed by atoms with van der Waals surface area (Å²) in [6.07, 6.45) is 0. The Morgan fingerprint density at radius 1 is 0.897 bits per heavy atom. The van der Waals surface area contributed by atoms with E-state index in [1.165, 1.54) is 16.3 Å². The van der Waals surface area contributed by atoms with E-state index in [2.05, 4.69) is 40.1 Å². The van der Waals surface area contributed by atoms with E-state index in [9.17, 15) is 0 Å². The molecule has 0 bridgehead atoms. The Labute approximate surface area is 170 Å². The van der Waals surface area contributed by atoms with Crippen LogP contribution in [0.4, 0.5) is 0 Å². The van der Waals surface area contributed by atoms with Crippen LogP contribution < -0.4 is 14.2 Å². The summed E-state index contributed by atoms with van der Waals surface area (Å²) < 4.78 is 16.7. The molecule has 1 N–H and O–H groups in total. The molecule has 1 fully saturated rings. The Bertz CT molecular complexity index is 1040. The molecule has 0 aromatic heterocycles. The van der Waals surface area contributed by atoms with Crippen LogP contribution in [0.25, 0.3) is 21.5 Å². The maximum Gasteiger partial charge on any atom is 0.231 e. The highest BCUT2D eigenvalue weighted by Crippen LogP contribution is 2.40. The van der Waals surface area contributed by atoms with Crippen molar-refractivity contribution in [3.05, 3.63) is 42.0 Å². The minimum absolute atomic E-state index is 0.229. The lowest BCUT2D eigenvalue weighted by atomic mass is 9.96. The van der Waals surface area contributed by atoms with Crippen molar-refractivity contribution < 1.29 is 19.3 Å². The molecule has 1 saturated heterocycles. The highest BCUT2D eigenvalue weighted by molar-refractivity contribution is 6.10. The highest BCUT2D eigenvalue weighted by Gasteiger charge is 2.20. The Hall–Kier alpha value is -2.54. The molecule has 5 rings (SSSR count). The molecule has 29 heavy (non-hydrogen) atoms. The normalized spacial score (nSPS) is 17.3. The predicted octanol–water partition coefficient (Wildman–Crippen LogP) is 2.84. The molecule has 0 aliphatic carbocycles. The molecule has 3 aromatic rings. The number of ether oxygens (including phenoxy) is 3. The number of aliphatic hydroxyl groups excluding tert-OH is 1. The molecule has 6 heteroatoms. The van der Waals surface area contributed by atoms with Crippen LogP contribution in [-0.2, 0) is 6.54 Å². The Morgan fingerprint density at radius 3 is 2.41 bits per heavy atom. The van der Waals surface area contributed by atoms with Crippen LogP contribution in [0.5, 0.6) is 17.2 Å². The van der Waals surface area contributed by atoms with Crippen molar-refractivity contribution in [3.8, 4) is 17.2 Å². The van der Waals surface area contributed by atoms with Crippen LogP contribution in [0.2, 0.25) is 0 Å². The van der Waals surface area contributed by atoms with Crippen LogP contribution in [0.3, 0.4) is 0 Å². The standard InChI is InChI=1S/C23H26N2O4/c1-27-18-2-3-19-17(14-25-6-4-24(5-7-25)8-9-26)10-16-11-22-23(29-15-28-22)13-20(16)21(19)12-18/h2-3,10-13,26H,4-9,14-15H2,1H3. The van der Waals surface area contributed by atoms with E-state index in [4.69, 9.17) is 19.3 Å². The van der Waals surface area contributed by atoms with Crippen LogP contribution in [-0.4, -0.2) is 68.1 Å². The summed E-state index contributed by atoms with van der Waals surface area (Å²) >= 11 is 0. The summed E-state index contributed by atoms with van der Waals surface area (Å²) in [5.41, 5.74) is 1.31. The van der Waals surface area contributed by atoms with Crippen molar-refractivity contribution in [1.29, 1.82) is 0 Å². The fourth-order valence-corrected chi connectivity index (χ4v) is 4.41. The van der Waals surface area contributed by atoms with Gasteiger partial charge in [0.15, 0.2) is 11.5 Å². The van der Waals surface area contributed by atoms with E-state index in [0.29, 0.717) is 0 Å². The Balaban J connectivity index is 1.55. The molecule has 0 spiro atoms. The Morgan fingerprint density at radius 2 is 1.66 bits per heavy atom. The zero-order valence-corrected chi connectivity index (χ0v) is 16.7. The van der Waals surface area contributed by atoms with Crippen LogP contribution in [0, 0.1) is 0 Å². The molecule has 0 atom stereocenters. The van der Waals surface area contributed by atoms with Gasteiger partial charge in [-0.05, 0) is 57.4 Å². The molecule has 2 aliphatic heterocycles. The van der Waals surface area contributed by atoms with Gasteiger partial charge in [-0.1, -0.05) is 6.07 Å². The van der Waals surface area contributed by atoms with Gasteiger partial charge in [-0.15, -0.1) is 0 Å². The van der Waals surface area contributed by atoms with E-state index in [1.54, 1.807) is 7.11 Å². The monoisotopic (exact) mass is 394 g/mol. The molecule has 0 saturated carbocycles. The van der Waals surface area contributed by atoms with Crippen molar-refractivity contribution in [2.75, 3.05) is 53.2 Å². The molecule has 3 aromatic carbocycles. The Kier molecular flexibility index (Phi) is 4.91. The van der Waals surface area contributed by atoms with Crippen molar-refractivity contribution >= 4 is 21.5 Å². The third-order valence-corrected chi connectivity index (χ3v) is 6.01. The minimum Gasteiger partial charge on any atom is -0.497 e. The summed E-state index contributed by atoms with van der Waals surface area (Å²) in [5.74, 6) is 2.46. The summed E-state index contributed by atoms with van der Waals surface area (Å²) in [4.78, 5) is 4.81. The number of aliphatic hydroxyl groups is 1. The van der Waals surface area contributed by atoms with E-state index in [-0.39, 0.29) is 13.4 Å². The maximum atomic E-state index is 9.16. The zero-order valence-electron chi connectivity index (χ0n) is 16.7. The number of methoxy groups -OCH3 is 1. The molecule has 6 nitrogen and oxygen atoms in total. The van der Waals surface area contributed by atoms with Gasteiger partial charge in [0, 0.05) is 39.3 Å². The summed E-state index contributed by atoms with van der Waals surface area (Å²) in [7, 11) is 1.70. The summed E-state index contributed by atoms with van der Waals surface area (Å²) in [6, 6.07) is 12.8. The lowest BCUT2D eigenvalue weighted by Gasteiger charge is -2.34. The second-order valence-corrected chi connectivity index (χ2v) is 7.72. The quantitative estimate of drug-likeness (QED) is 0.672. The van der Waals surface area contributed by atoms with Crippen molar-refractivity contribution in [1.82, 2.24) is 9.80 Å². The number of rotatable bonds is 5. The van der Waals surface area contributed by atoms with E-state index in [1.807, 2.05) is 6.07 Å². The van der Waals surface area contributed by atoms with Gasteiger partial charge in [0.05, 0.1) is 13.7 Å². The van der Waals surface area contributed by atoms with Gasteiger partial charge in [-0.3, -0.25) is 9.80 Å². The smallest absolute Gasteiger partial charge is 0.231 e.